The largest absolute Gasteiger partial charge is 0.494 e. The topological polar surface area (TPSA) is 64.3 Å². The minimum Gasteiger partial charge on any atom is -0.494 e. The van der Waals surface area contributed by atoms with Gasteiger partial charge in [-0.05, 0) is 30.2 Å². The van der Waals surface area contributed by atoms with Crippen LogP contribution in [0.5, 0.6) is 5.75 Å². The fourth-order valence-electron chi connectivity index (χ4n) is 1.82. The zero-order chi connectivity index (χ0) is 14.4. The van der Waals surface area contributed by atoms with Crippen LogP contribution in [0, 0.1) is 0 Å². The maximum atomic E-state index is 11.5. The molecule has 1 unspecified atom stereocenters. The van der Waals surface area contributed by atoms with Gasteiger partial charge in [-0.25, -0.2) is 9.78 Å². The van der Waals surface area contributed by atoms with Crippen molar-refractivity contribution >= 4 is 0 Å². The number of hydrogen-bond acceptors (Lipinski definition) is 4. The van der Waals surface area contributed by atoms with Crippen LogP contribution in [0.1, 0.15) is 25.0 Å². The van der Waals surface area contributed by atoms with Gasteiger partial charge in [0.2, 0.25) is 0 Å². The quantitative estimate of drug-likeness (QED) is 0.872. The van der Waals surface area contributed by atoms with Gasteiger partial charge in [-0.15, -0.1) is 0 Å². The van der Waals surface area contributed by atoms with Gasteiger partial charge in [0.05, 0.1) is 19.3 Å². The van der Waals surface area contributed by atoms with Crippen LogP contribution >= 0.6 is 0 Å². The van der Waals surface area contributed by atoms with E-state index in [9.17, 15) is 9.90 Å². The summed E-state index contributed by atoms with van der Waals surface area (Å²) in [6.07, 6.45) is 3.24. The van der Waals surface area contributed by atoms with E-state index >= 15 is 0 Å². The summed E-state index contributed by atoms with van der Waals surface area (Å²) in [4.78, 5) is 15.1. The van der Waals surface area contributed by atoms with Crippen molar-refractivity contribution in [2.45, 2.75) is 26.0 Å². The fourth-order valence-corrected chi connectivity index (χ4v) is 1.82. The molecule has 0 amide bonds. The number of rotatable bonds is 6. The molecule has 0 radical (unpaired) electrons. The molecule has 1 N–H and O–H groups in total. The lowest BCUT2D eigenvalue weighted by molar-refractivity contribution is 0.154. The highest BCUT2D eigenvalue weighted by molar-refractivity contribution is 5.28. The molecule has 1 aromatic heterocycles. The average molecular weight is 274 g/mol. The van der Waals surface area contributed by atoms with Gasteiger partial charge in [0.25, 0.3) is 0 Å². The Hall–Kier alpha value is -2.14. The molecule has 0 spiro atoms. The predicted octanol–water partition coefficient (Wildman–Crippen LogP) is 1.77. The van der Waals surface area contributed by atoms with E-state index in [0.29, 0.717) is 6.61 Å². The lowest BCUT2D eigenvalue weighted by Crippen LogP contribution is -2.24. The molecule has 0 saturated carbocycles. The van der Waals surface area contributed by atoms with E-state index in [1.165, 1.54) is 10.8 Å². The monoisotopic (exact) mass is 274 g/mol. The number of benzene rings is 1. The standard InChI is InChI=1S/C15H18N2O3/c1-2-10-20-13-6-4-12(5-7-13)14(18)11-17-9-3-8-16-15(17)19/h3-9,14,18H,2,10-11H2,1H3. The highest BCUT2D eigenvalue weighted by atomic mass is 16.5. The normalized spacial score (nSPS) is 12.1. The molecule has 1 heterocycles. The van der Waals surface area contributed by atoms with Crippen LogP contribution in [-0.4, -0.2) is 21.3 Å². The first-order valence-electron chi connectivity index (χ1n) is 6.63. The number of ether oxygens (including phenoxy) is 1. The lowest BCUT2D eigenvalue weighted by atomic mass is 10.1. The number of aliphatic hydroxyl groups excluding tert-OH is 1. The maximum absolute atomic E-state index is 11.5. The second-order valence-electron chi connectivity index (χ2n) is 4.49. The number of hydrogen-bond donors (Lipinski definition) is 1. The predicted molar refractivity (Wildman–Crippen MR) is 75.7 cm³/mol. The first-order chi connectivity index (χ1) is 9.70. The van der Waals surface area contributed by atoms with Crippen molar-refractivity contribution in [1.29, 1.82) is 0 Å². The van der Waals surface area contributed by atoms with Crippen LogP contribution in [-0.2, 0) is 6.54 Å². The minimum atomic E-state index is -0.753. The van der Waals surface area contributed by atoms with E-state index in [4.69, 9.17) is 4.74 Å². The van der Waals surface area contributed by atoms with Crippen LogP contribution in [0.4, 0.5) is 0 Å². The summed E-state index contributed by atoms with van der Waals surface area (Å²) < 4.78 is 6.86. The molecular weight excluding hydrogens is 256 g/mol. The van der Waals surface area contributed by atoms with Crippen molar-refractivity contribution in [2.75, 3.05) is 6.61 Å². The van der Waals surface area contributed by atoms with E-state index in [1.807, 2.05) is 19.1 Å². The molecule has 0 aliphatic carbocycles. The average Bonchev–Trinajstić information content (AvgIpc) is 2.48. The van der Waals surface area contributed by atoms with Gasteiger partial charge in [0.1, 0.15) is 5.75 Å². The van der Waals surface area contributed by atoms with Gasteiger partial charge >= 0.3 is 5.69 Å². The van der Waals surface area contributed by atoms with Gasteiger partial charge < -0.3 is 9.84 Å². The SMILES string of the molecule is CCCOc1ccc(C(O)Cn2cccnc2=O)cc1. The Bertz CT molecular complexity index is 593. The number of aliphatic hydroxyl groups is 1. The van der Waals surface area contributed by atoms with Crippen LogP contribution in [0.2, 0.25) is 0 Å². The molecule has 0 aliphatic heterocycles. The molecule has 20 heavy (non-hydrogen) atoms. The van der Waals surface area contributed by atoms with Crippen molar-refractivity contribution in [3.8, 4) is 5.75 Å². The molecule has 2 rings (SSSR count). The Morgan fingerprint density at radius 1 is 1.35 bits per heavy atom. The van der Waals surface area contributed by atoms with Crippen molar-refractivity contribution in [3.05, 3.63) is 58.8 Å². The second kappa shape index (κ2) is 6.86. The van der Waals surface area contributed by atoms with E-state index in [0.717, 1.165) is 17.7 Å². The third kappa shape index (κ3) is 3.68. The molecule has 2 aromatic rings. The fraction of sp³-hybridized carbons (Fsp3) is 0.333. The van der Waals surface area contributed by atoms with Crippen molar-refractivity contribution < 1.29 is 9.84 Å². The van der Waals surface area contributed by atoms with E-state index < -0.39 is 6.10 Å². The maximum Gasteiger partial charge on any atom is 0.347 e. The van der Waals surface area contributed by atoms with Crippen molar-refractivity contribution in [1.82, 2.24) is 9.55 Å². The zero-order valence-corrected chi connectivity index (χ0v) is 11.4. The number of nitrogens with zero attached hydrogens (tertiary/aromatic N) is 2. The second-order valence-corrected chi connectivity index (χ2v) is 4.49. The van der Waals surface area contributed by atoms with Crippen molar-refractivity contribution in [2.24, 2.45) is 0 Å². The van der Waals surface area contributed by atoms with Gasteiger partial charge in [-0.3, -0.25) is 4.57 Å². The molecule has 106 valence electrons. The van der Waals surface area contributed by atoms with Crippen molar-refractivity contribution in [3.63, 3.8) is 0 Å². The molecular formula is C15H18N2O3. The summed E-state index contributed by atoms with van der Waals surface area (Å²) in [6, 6.07) is 8.91. The summed E-state index contributed by atoms with van der Waals surface area (Å²) >= 11 is 0. The third-order valence-electron chi connectivity index (χ3n) is 2.89. The van der Waals surface area contributed by atoms with E-state index in [-0.39, 0.29) is 12.2 Å². The summed E-state index contributed by atoms with van der Waals surface area (Å²) in [5.74, 6) is 0.779. The molecule has 5 heteroatoms. The highest BCUT2D eigenvalue weighted by Gasteiger charge is 2.09. The number of aromatic nitrogens is 2. The van der Waals surface area contributed by atoms with E-state index in [2.05, 4.69) is 4.98 Å². The Morgan fingerprint density at radius 3 is 2.75 bits per heavy atom. The van der Waals surface area contributed by atoms with Gasteiger partial charge in [-0.2, -0.15) is 0 Å². The summed E-state index contributed by atoms with van der Waals surface area (Å²) in [5, 5.41) is 10.1. The Balaban J connectivity index is 2.04. The molecule has 0 bridgehead atoms. The van der Waals surface area contributed by atoms with Crippen LogP contribution in [0.25, 0.3) is 0 Å². The summed E-state index contributed by atoms with van der Waals surface area (Å²) in [5.41, 5.74) is 0.374. The summed E-state index contributed by atoms with van der Waals surface area (Å²) in [6.45, 7) is 2.90. The zero-order valence-electron chi connectivity index (χ0n) is 11.4. The Morgan fingerprint density at radius 2 is 2.10 bits per heavy atom. The van der Waals surface area contributed by atoms with Crippen LogP contribution in [0.15, 0.2) is 47.5 Å². The Kier molecular flexibility index (Phi) is 4.90. The molecule has 5 nitrogen and oxygen atoms in total. The molecule has 1 atom stereocenters. The van der Waals surface area contributed by atoms with Crippen LogP contribution in [0.3, 0.4) is 0 Å². The summed E-state index contributed by atoms with van der Waals surface area (Å²) in [7, 11) is 0. The molecule has 0 saturated heterocycles. The smallest absolute Gasteiger partial charge is 0.347 e. The first kappa shape index (κ1) is 14.3. The molecule has 0 fully saturated rings. The van der Waals surface area contributed by atoms with E-state index in [1.54, 1.807) is 24.4 Å². The molecule has 1 aromatic carbocycles. The van der Waals surface area contributed by atoms with Gasteiger partial charge in [0.15, 0.2) is 0 Å². The van der Waals surface area contributed by atoms with Gasteiger partial charge in [-0.1, -0.05) is 19.1 Å². The minimum absolute atomic E-state index is 0.182. The first-order valence-corrected chi connectivity index (χ1v) is 6.63. The van der Waals surface area contributed by atoms with Gasteiger partial charge in [0, 0.05) is 12.4 Å². The molecule has 0 aliphatic rings. The Labute approximate surface area is 117 Å². The lowest BCUT2D eigenvalue weighted by Gasteiger charge is -2.13. The van der Waals surface area contributed by atoms with Crippen LogP contribution < -0.4 is 10.4 Å². The highest BCUT2D eigenvalue weighted by Crippen LogP contribution is 2.18. The third-order valence-corrected chi connectivity index (χ3v) is 2.89.